The summed E-state index contributed by atoms with van der Waals surface area (Å²) in [5, 5.41) is 14.5. The number of alkyl carbamates (subject to hydrolysis) is 1. The Kier molecular flexibility index (Phi) is 9.90. The molecule has 166 valence electrons. The molecule has 7 nitrogen and oxygen atoms in total. The van der Waals surface area contributed by atoms with Gasteiger partial charge in [0.05, 0.1) is 0 Å². The Hall–Kier alpha value is -3.00. The summed E-state index contributed by atoms with van der Waals surface area (Å²) in [5.74, 6) is -1.06. The molecule has 0 aliphatic heterocycles. The van der Waals surface area contributed by atoms with Gasteiger partial charge in [-0.05, 0) is 17.0 Å². The van der Waals surface area contributed by atoms with Crippen LogP contribution in [0.25, 0.3) is 0 Å². The number of thioether (sulfide) groups is 1. The summed E-state index contributed by atoms with van der Waals surface area (Å²) in [6, 6.07) is 16.9. The lowest BCUT2D eigenvalue weighted by molar-refractivity contribution is -0.143. The molecular weight excluding hydrogens is 416 g/mol. The third-order valence-electron chi connectivity index (χ3n) is 4.45. The highest BCUT2D eigenvalue weighted by molar-refractivity contribution is 7.98. The smallest absolute Gasteiger partial charge is 0.408 e. The number of aliphatic carboxylic acids is 1. The fraction of sp³-hybridized carbons (Fsp3) is 0.348. The van der Waals surface area contributed by atoms with Crippen LogP contribution in [0.5, 0.6) is 0 Å². The van der Waals surface area contributed by atoms with Gasteiger partial charge in [-0.3, -0.25) is 4.79 Å². The number of hydrogen-bond acceptors (Lipinski definition) is 5. The van der Waals surface area contributed by atoms with Crippen molar-refractivity contribution in [1.29, 1.82) is 0 Å². The minimum absolute atomic E-state index is 0.0713. The zero-order chi connectivity index (χ0) is 22.6. The van der Waals surface area contributed by atoms with Gasteiger partial charge in [-0.25, -0.2) is 9.59 Å². The second kappa shape index (κ2) is 12.6. The molecule has 0 unspecified atom stereocenters. The van der Waals surface area contributed by atoms with Crippen LogP contribution in [0.3, 0.4) is 0 Å². The van der Waals surface area contributed by atoms with E-state index in [0.29, 0.717) is 5.75 Å². The Morgan fingerprint density at radius 1 is 0.935 bits per heavy atom. The molecule has 0 aliphatic carbocycles. The lowest BCUT2D eigenvalue weighted by Crippen LogP contribution is -2.54. The number of amides is 2. The summed E-state index contributed by atoms with van der Waals surface area (Å²) in [6.45, 7) is 3.49. The quantitative estimate of drug-likeness (QED) is 0.490. The minimum atomic E-state index is -1.12. The number of hydrogen-bond donors (Lipinski definition) is 3. The number of rotatable bonds is 11. The van der Waals surface area contributed by atoms with Gasteiger partial charge in [0, 0.05) is 11.5 Å². The first-order chi connectivity index (χ1) is 14.9. The Labute approximate surface area is 186 Å². The first-order valence-corrected chi connectivity index (χ1v) is 11.1. The van der Waals surface area contributed by atoms with Gasteiger partial charge in [-0.15, -0.1) is 0 Å². The van der Waals surface area contributed by atoms with E-state index in [2.05, 4.69) is 10.6 Å². The standard InChI is InChI=1S/C23H28N2O5S/c1-16(2)20(22(27)28)25-21(26)19(15-31-14-18-11-7-4-8-12-18)24-23(29)30-13-17-9-5-3-6-10-17/h3-12,16,19-20H,13-15H2,1-2H3,(H,24,29)(H,25,26)(H,27,28)/t19-,20+/m1/s1. The lowest BCUT2D eigenvalue weighted by Gasteiger charge is -2.23. The first-order valence-electron chi connectivity index (χ1n) is 9.99. The fourth-order valence-corrected chi connectivity index (χ4v) is 3.74. The Morgan fingerprint density at radius 3 is 2.06 bits per heavy atom. The lowest BCUT2D eigenvalue weighted by atomic mass is 10.0. The van der Waals surface area contributed by atoms with Crippen molar-refractivity contribution in [2.45, 2.75) is 38.3 Å². The van der Waals surface area contributed by atoms with Crippen molar-refractivity contribution in [2.75, 3.05) is 5.75 Å². The molecule has 0 radical (unpaired) electrons. The molecule has 2 atom stereocenters. The fourth-order valence-electron chi connectivity index (χ4n) is 2.73. The number of carboxylic acid groups (broad SMARTS) is 1. The van der Waals surface area contributed by atoms with Crippen LogP contribution in [-0.4, -0.2) is 40.9 Å². The van der Waals surface area contributed by atoms with Crippen molar-refractivity contribution >= 4 is 29.7 Å². The highest BCUT2D eigenvalue weighted by Crippen LogP contribution is 2.14. The summed E-state index contributed by atoms with van der Waals surface area (Å²) in [6.07, 6.45) is -0.735. The molecule has 0 bridgehead atoms. The van der Waals surface area contributed by atoms with Crippen LogP contribution in [-0.2, 0) is 26.7 Å². The molecule has 3 N–H and O–H groups in total. The number of carbonyl (C=O) groups excluding carboxylic acids is 2. The SMILES string of the molecule is CC(C)[C@H](NC(=O)[C@@H](CSCc1ccccc1)NC(=O)OCc1ccccc1)C(=O)O. The van der Waals surface area contributed by atoms with Crippen LogP contribution < -0.4 is 10.6 Å². The van der Waals surface area contributed by atoms with Gasteiger partial charge in [-0.2, -0.15) is 11.8 Å². The van der Waals surface area contributed by atoms with E-state index in [9.17, 15) is 19.5 Å². The van der Waals surface area contributed by atoms with Crippen molar-refractivity contribution in [3.8, 4) is 0 Å². The molecule has 2 amide bonds. The monoisotopic (exact) mass is 444 g/mol. The topological polar surface area (TPSA) is 105 Å². The van der Waals surface area contributed by atoms with Gasteiger partial charge in [0.15, 0.2) is 0 Å². The number of nitrogens with one attached hydrogen (secondary N) is 2. The second-order valence-electron chi connectivity index (χ2n) is 7.33. The molecule has 2 rings (SSSR count). The third-order valence-corrected chi connectivity index (χ3v) is 5.55. The van der Waals surface area contributed by atoms with Crippen LogP contribution >= 0.6 is 11.8 Å². The predicted molar refractivity (Wildman–Crippen MR) is 121 cm³/mol. The van der Waals surface area contributed by atoms with E-state index in [4.69, 9.17) is 4.74 Å². The zero-order valence-electron chi connectivity index (χ0n) is 17.6. The summed E-state index contributed by atoms with van der Waals surface area (Å²) in [5.41, 5.74) is 1.91. The molecular formula is C23H28N2O5S. The number of carboxylic acids is 1. The number of ether oxygens (including phenoxy) is 1. The summed E-state index contributed by atoms with van der Waals surface area (Å²) in [4.78, 5) is 36.5. The molecule has 0 aliphatic rings. The highest BCUT2D eigenvalue weighted by Gasteiger charge is 2.28. The summed E-state index contributed by atoms with van der Waals surface area (Å²) < 4.78 is 5.22. The molecule has 0 saturated carbocycles. The van der Waals surface area contributed by atoms with E-state index < -0.39 is 30.1 Å². The average molecular weight is 445 g/mol. The van der Waals surface area contributed by atoms with E-state index in [-0.39, 0.29) is 18.3 Å². The molecule has 0 spiro atoms. The van der Waals surface area contributed by atoms with E-state index in [1.807, 2.05) is 60.7 Å². The largest absolute Gasteiger partial charge is 0.480 e. The molecule has 2 aromatic carbocycles. The molecule has 8 heteroatoms. The number of benzene rings is 2. The molecule has 0 saturated heterocycles. The van der Waals surface area contributed by atoms with E-state index in [0.717, 1.165) is 11.1 Å². The van der Waals surface area contributed by atoms with Gasteiger partial charge in [0.25, 0.3) is 0 Å². The van der Waals surface area contributed by atoms with Gasteiger partial charge in [0.2, 0.25) is 5.91 Å². The van der Waals surface area contributed by atoms with Crippen molar-refractivity contribution in [3.05, 3.63) is 71.8 Å². The molecule has 0 aromatic heterocycles. The van der Waals surface area contributed by atoms with Crippen molar-refractivity contribution < 1.29 is 24.2 Å². The van der Waals surface area contributed by atoms with E-state index in [1.165, 1.54) is 11.8 Å². The van der Waals surface area contributed by atoms with E-state index in [1.54, 1.807) is 13.8 Å². The third kappa shape index (κ3) is 8.72. The first kappa shape index (κ1) is 24.3. The minimum Gasteiger partial charge on any atom is -0.480 e. The zero-order valence-corrected chi connectivity index (χ0v) is 18.4. The van der Waals surface area contributed by atoms with Crippen LogP contribution in [0.2, 0.25) is 0 Å². The van der Waals surface area contributed by atoms with Crippen molar-refractivity contribution in [2.24, 2.45) is 5.92 Å². The summed E-state index contributed by atoms with van der Waals surface area (Å²) in [7, 11) is 0. The second-order valence-corrected chi connectivity index (χ2v) is 8.36. The van der Waals surface area contributed by atoms with Gasteiger partial charge >= 0.3 is 12.1 Å². The molecule has 0 heterocycles. The summed E-state index contributed by atoms with van der Waals surface area (Å²) >= 11 is 1.46. The molecule has 31 heavy (non-hydrogen) atoms. The highest BCUT2D eigenvalue weighted by atomic mass is 32.2. The van der Waals surface area contributed by atoms with Crippen LogP contribution in [0.15, 0.2) is 60.7 Å². The maximum Gasteiger partial charge on any atom is 0.408 e. The van der Waals surface area contributed by atoms with Gasteiger partial charge < -0.3 is 20.5 Å². The predicted octanol–water partition coefficient (Wildman–Crippen LogP) is 3.44. The Balaban J connectivity index is 1.98. The van der Waals surface area contributed by atoms with Crippen LogP contribution in [0.1, 0.15) is 25.0 Å². The molecule has 0 fully saturated rings. The average Bonchev–Trinajstić information content (AvgIpc) is 2.76. The molecule has 2 aromatic rings. The van der Waals surface area contributed by atoms with Crippen LogP contribution in [0.4, 0.5) is 4.79 Å². The normalized spacial score (nSPS) is 12.6. The number of carbonyl (C=O) groups is 3. The van der Waals surface area contributed by atoms with Gasteiger partial charge in [-0.1, -0.05) is 74.5 Å². The van der Waals surface area contributed by atoms with E-state index >= 15 is 0 Å². The maximum atomic E-state index is 12.8. The van der Waals surface area contributed by atoms with Crippen molar-refractivity contribution in [3.63, 3.8) is 0 Å². The maximum absolute atomic E-state index is 12.8. The van der Waals surface area contributed by atoms with Crippen molar-refractivity contribution in [1.82, 2.24) is 10.6 Å². The Bertz CT molecular complexity index is 846. The van der Waals surface area contributed by atoms with Crippen LogP contribution in [0, 0.1) is 5.92 Å². The Morgan fingerprint density at radius 2 is 1.52 bits per heavy atom. The van der Waals surface area contributed by atoms with Gasteiger partial charge in [0.1, 0.15) is 18.7 Å².